The predicted octanol–water partition coefficient (Wildman–Crippen LogP) is 8.47. The average molecular weight is 657 g/mol. The molecule has 3 aromatic carbocycles. The Balaban J connectivity index is 1.91. The number of halogens is 4. The van der Waals surface area contributed by atoms with Crippen molar-refractivity contribution in [3.05, 3.63) is 93.0 Å². The van der Waals surface area contributed by atoms with Crippen molar-refractivity contribution in [2.75, 3.05) is 12.4 Å². The first-order valence-corrected chi connectivity index (χ1v) is 15.3. The number of anilines is 1. The first kappa shape index (κ1) is 34.4. The molecule has 0 spiro atoms. The predicted molar refractivity (Wildman–Crippen MR) is 173 cm³/mol. The molecule has 1 saturated heterocycles. The number of amides is 1. The van der Waals surface area contributed by atoms with E-state index in [1.54, 1.807) is 39.0 Å². The van der Waals surface area contributed by atoms with Crippen molar-refractivity contribution in [2.45, 2.75) is 71.4 Å². The van der Waals surface area contributed by atoms with Crippen LogP contribution in [0.1, 0.15) is 75.4 Å². The highest BCUT2D eigenvalue weighted by atomic mass is 35.5. The molecule has 1 heterocycles. The van der Waals surface area contributed by atoms with Crippen LogP contribution in [-0.2, 0) is 10.2 Å². The molecule has 0 unspecified atom stereocenters. The Morgan fingerprint density at radius 3 is 2.31 bits per heavy atom. The lowest BCUT2D eigenvalue weighted by Gasteiger charge is -2.37. The van der Waals surface area contributed by atoms with Crippen molar-refractivity contribution >= 4 is 40.6 Å². The Kier molecular flexibility index (Phi) is 9.70. The van der Waals surface area contributed by atoms with E-state index in [2.05, 4.69) is 16.7 Å². The average Bonchev–Trinajstić information content (AvgIpc) is 3.26. The largest absolute Gasteiger partial charge is 0.495 e. The van der Waals surface area contributed by atoms with E-state index in [1.807, 2.05) is 20.8 Å². The van der Waals surface area contributed by atoms with E-state index in [9.17, 15) is 14.9 Å². The second-order valence-corrected chi connectivity index (χ2v) is 14.5. The van der Waals surface area contributed by atoms with Crippen LogP contribution in [-0.4, -0.2) is 30.9 Å². The molecule has 4 atom stereocenters. The van der Waals surface area contributed by atoms with Gasteiger partial charge in [0.05, 0.1) is 29.9 Å². The smallest absolute Gasteiger partial charge is 0.242 e. The van der Waals surface area contributed by atoms with Gasteiger partial charge in [0.2, 0.25) is 5.91 Å². The molecule has 0 radical (unpaired) electrons. The zero-order valence-corrected chi connectivity index (χ0v) is 27.8. The summed E-state index contributed by atoms with van der Waals surface area (Å²) in [6, 6.07) is 13.4. The van der Waals surface area contributed by atoms with Crippen LogP contribution >= 0.6 is 23.2 Å². The number of ketones is 1. The first-order chi connectivity index (χ1) is 20.9. The third kappa shape index (κ3) is 6.72. The van der Waals surface area contributed by atoms with E-state index in [1.165, 1.54) is 37.4 Å². The van der Waals surface area contributed by atoms with Gasteiger partial charge in [0, 0.05) is 33.5 Å². The van der Waals surface area contributed by atoms with Crippen LogP contribution in [0.5, 0.6) is 5.75 Å². The van der Waals surface area contributed by atoms with E-state index in [-0.39, 0.29) is 43.8 Å². The summed E-state index contributed by atoms with van der Waals surface area (Å²) in [4.78, 5) is 27.2. The summed E-state index contributed by atoms with van der Waals surface area (Å²) >= 11 is 12.3. The van der Waals surface area contributed by atoms with Gasteiger partial charge in [0.15, 0.2) is 5.78 Å². The molecule has 0 aromatic heterocycles. The summed E-state index contributed by atoms with van der Waals surface area (Å²) in [7, 11) is 1.41. The zero-order chi connectivity index (χ0) is 33.5. The number of carbonyl (C=O) groups is 2. The highest BCUT2D eigenvalue weighted by molar-refractivity contribution is 6.31. The van der Waals surface area contributed by atoms with Gasteiger partial charge in [0.1, 0.15) is 22.8 Å². The van der Waals surface area contributed by atoms with Crippen molar-refractivity contribution < 1.29 is 23.1 Å². The van der Waals surface area contributed by atoms with Crippen LogP contribution in [0.2, 0.25) is 10.0 Å². The molecule has 1 aliphatic heterocycles. The number of methoxy groups -OCH3 is 1. The molecule has 0 aliphatic carbocycles. The molecule has 3 aromatic rings. The highest BCUT2D eigenvalue weighted by Gasteiger charge is 2.61. The van der Waals surface area contributed by atoms with Crippen molar-refractivity contribution in [1.82, 2.24) is 5.32 Å². The summed E-state index contributed by atoms with van der Waals surface area (Å²) < 4.78 is 37.3. The van der Waals surface area contributed by atoms with E-state index < -0.39 is 46.4 Å². The monoisotopic (exact) mass is 655 g/mol. The van der Waals surface area contributed by atoms with Crippen LogP contribution in [0.25, 0.3) is 0 Å². The number of rotatable bonds is 7. The van der Waals surface area contributed by atoms with Gasteiger partial charge in [0.25, 0.3) is 0 Å². The van der Waals surface area contributed by atoms with Crippen molar-refractivity contribution in [3.63, 3.8) is 0 Å². The van der Waals surface area contributed by atoms with Crippen molar-refractivity contribution in [3.8, 4) is 11.8 Å². The minimum Gasteiger partial charge on any atom is -0.495 e. The molecule has 1 aliphatic rings. The van der Waals surface area contributed by atoms with Crippen LogP contribution in [0.4, 0.5) is 14.5 Å². The number of hydrogen-bond donors (Lipinski definition) is 2. The minimum absolute atomic E-state index is 0.0134. The molecule has 6 nitrogen and oxygen atoms in total. The van der Waals surface area contributed by atoms with Gasteiger partial charge < -0.3 is 15.4 Å². The van der Waals surface area contributed by atoms with Crippen molar-refractivity contribution in [1.29, 1.82) is 5.26 Å². The quantitative estimate of drug-likeness (QED) is 0.249. The standard InChI is InChI=1S/C35H37Cl2F2N3O3/c1-33(2,3)17-27-35(18-40,22-13-12-20(36)16-24(22)38)28(21-9-8-10-23(37)29(21)39)30(42-27)32(44)41-25-14-11-19(15-26(25)45-7)31(43)34(4,5)6/h8-16,27-28,30,42H,17H2,1-7H3,(H,41,44)/t27-,28-,30+,35-/m0/s1. The first-order valence-electron chi connectivity index (χ1n) is 14.5. The van der Waals surface area contributed by atoms with Crippen LogP contribution in [0.15, 0.2) is 54.6 Å². The highest BCUT2D eigenvalue weighted by Crippen LogP contribution is 2.53. The second-order valence-electron chi connectivity index (χ2n) is 13.7. The number of nitriles is 1. The SMILES string of the molecule is COc1cc(C(=O)C(C)(C)C)ccc1NC(=O)[C@@H]1N[C@@H](CC(C)(C)C)[C@](C#N)(c2ccc(Cl)cc2F)[C@H]1c1cccc(Cl)c1F. The van der Waals surface area contributed by atoms with E-state index in [4.69, 9.17) is 27.9 Å². The lowest BCUT2D eigenvalue weighted by Crippen LogP contribution is -2.45. The van der Waals surface area contributed by atoms with Crippen LogP contribution in [0.3, 0.4) is 0 Å². The molecule has 1 amide bonds. The van der Waals surface area contributed by atoms with Crippen molar-refractivity contribution in [2.24, 2.45) is 10.8 Å². The van der Waals surface area contributed by atoms with E-state index in [0.717, 1.165) is 6.07 Å². The number of benzene rings is 3. The van der Waals surface area contributed by atoms with Gasteiger partial charge in [-0.25, -0.2) is 8.78 Å². The van der Waals surface area contributed by atoms with E-state index >= 15 is 8.78 Å². The molecule has 45 heavy (non-hydrogen) atoms. The Morgan fingerprint density at radius 2 is 1.73 bits per heavy atom. The van der Waals surface area contributed by atoms with Crippen LogP contribution in [0, 0.1) is 33.8 Å². The zero-order valence-electron chi connectivity index (χ0n) is 26.3. The molecule has 0 bridgehead atoms. The fourth-order valence-electron chi connectivity index (χ4n) is 6.14. The van der Waals surface area contributed by atoms with Gasteiger partial charge in [-0.3, -0.25) is 9.59 Å². The Hall–Kier alpha value is -3.51. The fourth-order valence-corrected chi connectivity index (χ4v) is 6.48. The summed E-state index contributed by atoms with van der Waals surface area (Å²) in [5.41, 5.74) is -2.15. The molecule has 0 saturated carbocycles. The molecular formula is C35H37Cl2F2N3O3. The number of Topliss-reactive ketones (excluding diaryl/α,β-unsaturated/α-hetero) is 1. The summed E-state index contributed by atoms with van der Waals surface area (Å²) in [6.07, 6.45) is 0.331. The van der Waals surface area contributed by atoms with E-state index in [0.29, 0.717) is 12.0 Å². The Morgan fingerprint density at radius 1 is 1.04 bits per heavy atom. The molecule has 2 N–H and O–H groups in total. The second kappa shape index (κ2) is 12.7. The topological polar surface area (TPSA) is 91.2 Å². The number of hydrogen-bond acceptors (Lipinski definition) is 5. The lowest BCUT2D eigenvalue weighted by atomic mass is 9.62. The van der Waals surface area contributed by atoms with Gasteiger partial charge in [-0.05, 0) is 53.8 Å². The van der Waals surface area contributed by atoms with Gasteiger partial charge in [-0.1, -0.05) is 82.9 Å². The number of ether oxygens (including phenoxy) is 1. The number of nitrogens with zero attached hydrogens (tertiary/aromatic N) is 1. The summed E-state index contributed by atoms with van der Waals surface area (Å²) in [5, 5.41) is 17.1. The molecule has 4 rings (SSSR count). The third-order valence-corrected chi connectivity index (χ3v) is 8.66. The Bertz CT molecular complexity index is 1680. The maximum absolute atomic E-state index is 15.9. The van der Waals surface area contributed by atoms with Gasteiger partial charge >= 0.3 is 0 Å². The maximum atomic E-state index is 15.9. The minimum atomic E-state index is -1.76. The number of carbonyl (C=O) groups excluding carboxylic acids is 2. The summed E-state index contributed by atoms with van der Waals surface area (Å²) in [5.74, 6) is -3.27. The fraction of sp³-hybridized carbons (Fsp3) is 0.400. The maximum Gasteiger partial charge on any atom is 0.242 e. The van der Waals surface area contributed by atoms with Crippen LogP contribution < -0.4 is 15.4 Å². The molecule has 238 valence electrons. The molecule has 10 heteroatoms. The third-order valence-electron chi connectivity index (χ3n) is 8.13. The Labute approximate surface area is 273 Å². The lowest BCUT2D eigenvalue weighted by molar-refractivity contribution is -0.118. The number of nitrogens with one attached hydrogen (secondary N) is 2. The normalized spacial score (nSPS) is 21.7. The van der Waals surface area contributed by atoms with Gasteiger partial charge in [-0.2, -0.15) is 5.26 Å². The molecule has 1 fully saturated rings. The molecular weight excluding hydrogens is 619 g/mol. The van der Waals surface area contributed by atoms with Gasteiger partial charge in [-0.15, -0.1) is 0 Å². The summed E-state index contributed by atoms with van der Waals surface area (Å²) in [6.45, 7) is 11.3.